The van der Waals surface area contributed by atoms with Crippen molar-refractivity contribution in [2.45, 2.75) is 20.4 Å². The van der Waals surface area contributed by atoms with Crippen LogP contribution in [0.25, 0.3) is 6.08 Å². The molecule has 0 N–H and O–H groups in total. The Kier molecular flexibility index (Phi) is 2.59. The normalized spacial score (nSPS) is 14.9. The summed E-state index contributed by atoms with van der Waals surface area (Å²) in [5.74, 6) is 1.49. The molecule has 0 spiro atoms. The van der Waals surface area contributed by atoms with Gasteiger partial charge in [0.05, 0.1) is 19.4 Å². The monoisotopic (exact) mass is 193 g/mol. The number of hydrogen-bond donors (Lipinski definition) is 0. The van der Waals surface area contributed by atoms with E-state index in [-0.39, 0.29) is 0 Å². The molecule has 1 aromatic heterocycles. The van der Waals surface area contributed by atoms with E-state index in [4.69, 9.17) is 9.25 Å². The highest BCUT2D eigenvalue weighted by atomic mass is 16.7. The Morgan fingerprint density at radius 1 is 1.57 bits per heavy atom. The maximum atomic E-state index is 5.58. The number of hydrogen-bond acceptors (Lipinski definition) is 3. The molecule has 0 aromatic carbocycles. The molecule has 0 fully saturated rings. The Hall–Kier alpha value is -1.22. The highest BCUT2D eigenvalue weighted by molar-refractivity contribution is 5.49. The zero-order valence-corrected chi connectivity index (χ0v) is 8.56. The molecular weight excluding hydrogens is 178 g/mol. The van der Waals surface area contributed by atoms with Gasteiger partial charge in [-0.25, -0.2) is 0 Å². The van der Waals surface area contributed by atoms with Gasteiger partial charge in [-0.2, -0.15) is 0 Å². The SMILES string of the molecule is CC(C)CON1C=Cc2occc2C1. The highest BCUT2D eigenvalue weighted by Crippen LogP contribution is 2.20. The van der Waals surface area contributed by atoms with Crippen LogP contribution in [-0.4, -0.2) is 11.7 Å². The number of fused-ring (bicyclic) bond motifs is 1. The first-order chi connectivity index (χ1) is 6.75. The molecule has 2 rings (SSSR count). The van der Waals surface area contributed by atoms with E-state index in [1.165, 1.54) is 5.56 Å². The van der Waals surface area contributed by atoms with Gasteiger partial charge in [-0.05, 0) is 18.1 Å². The van der Waals surface area contributed by atoms with Crippen LogP contribution in [0.4, 0.5) is 0 Å². The fourth-order valence-electron chi connectivity index (χ4n) is 1.33. The van der Waals surface area contributed by atoms with Crippen molar-refractivity contribution in [3.63, 3.8) is 0 Å². The van der Waals surface area contributed by atoms with E-state index >= 15 is 0 Å². The molecule has 0 saturated carbocycles. The Balaban J connectivity index is 1.94. The lowest BCUT2D eigenvalue weighted by atomic mass is 10.2. The molecule has 0 radical (unpaired) electrons. The minimum absolute atomic E-state index is 0.550. The smallest absolute Gasteiger partial charge is 0.133 e. The molecule has 1 aliphatic rings. The van der Waals surface area contributed by atoms with Crippen molar-refractivity contribution in [3.05, 3.63) is 29.9 Å². The minimum atomic E-state index is 0.550. The molecule has 0 saturated heterocycles. The Labute approximate surface area is 83.9 Å². The standard InChI is InChI=1S/C11H15NO2/c1-9(2)8-14-12-5-3-11-10(7-12)4-6-13-11/h3-6,9H,7-8H2,1-2H3. The van der Waals surface area contributed by atoms with Gasteiger partial charge in [-0.15, -0.1) is 0 Å². The van der Waals surface area contributed by atoms with Gasteiger partial charge in [-0.1, -0.05) is 13.8 Å². The first-order valence-electron chi connectivity index (χ1n) is 4.90. The summed E-state index contributed by atoms with van der Waals surface area (Å²) in [6.07, 6.45) is 5.55. The van der Waals surface area contributed by atoms with Gasteiger partial charge < -0.3 is 4.42 Å². The summed E-state index contributed by atoms with van der Waals surface area (Å²) < 4.78 is 5.26. The van der Waals surface area contributed by atoms with Crippen molar-refractivity contribution in [3.8, 4) is 0 Å². The number of furan rings is 1. The van der Waals surface area contributed by atoms with Crippen LogP contribution in [0.3, 0.4) is 0 Å². The molecule has 3 heteroatoms. The average molecular weight is 193 g/mol. The first kappa shape index (κ1) is 9.34. The van der Waals surface area contributed by atoms with Crippen LogP contribution in [0.1, 0.15) is 25.2 Å². The van der Waals surface area contributed by atoms with Gasteiger partial charge in [0.2, 0.25) is 0 Å². The number of nitrogens with zero attached hydrogens (tertiary/aromatic N) is 1. The molecular formula is C11H15NO2. The van der Waals surface area contributed by atoms with Crippen LogP contribution in [0.2, 0.25) is 0 Å². The van der Waals surface area contributed by atoms with Crippen molar-refractivity contribution in [2.24, 2.45) is 5.92 Å². The van der Waals surface area contributed by atoms with E-state index in [2.05, 4.69) is 13.8 Å². The van der Waals surface area contributed by atoms with Crippen LogP contribution < -0.4 is 0 Å². The van der Waals surface area contributed by atoms with Gasteiger partial charge >= 0.3 is 0 Å². The van der Waals surface area contributed by atoms with E-state index in [9.17, 15) is 0 Å². The fraction of sp³-hybridized carbons (Fsp3) is 0.455. The molecule has 0 aliphatic carbocycles. The van der Waals surface area contributed by atoms with Crippen LogP contribution >= 0.6 is 0 Å². The third-order valence-electron chi connectivity index (χ3n) is 2.07. The zero-order chi connectivity index (χ0) is 9.97. The first-order valence-corrected chi connectivity index (χ1v) is 4.90. The Bertz CT molecular complexity index is 328. The maximum absolute atomic E-state index is 5.58. The van der Waals surface area contributed by atoms with E-state index in [1.54, 1.807) is 6.26 Å². The molecule has 0 bridgehead atoms. The van der Waals surface area contributed by atoms with Crippen molar-refractivity contribution in [1.82, 2.24) is 5.06 Å². The van der Waals surface area contributed by atoms with Gasteiger partial charge in [0.1, 0.15) is 5.76 Å². The van der Waals surface area contributed by atoms with Gasteiger partial charge in [-0.3, -0.25) is 9.90 Å². The van der Waals surface area contributed by atoms with E-state index in [0.29, 0.717) is 5.92 Å². The molecule has 2 heterocycles. The molecule has 3 nitrogen and oxygen atoms in total. The Morgan fingerprint density at radius 2 is 2.43 bits per heavy atom. The topological polar surface area (TPSA) is 25.6 Å². The number of hydroxylamine groups is 2. The van der Waals surface area contributed by atoms with Crippen molar-refractivity contribution >= 4 is 6.08 Å². The summed E-state index contributed by atoms with van der Waals surface area (Å²) in [5.41, 5.74) is 1.18. The maximum Gasteiger partial charge on any atom is 0.133 e. The zero-order valence-electron chi connectivity index (χ0n) is 8.56. The highest BCUT2D eigenvalue weighted by Gasteiger charge is 2.13. The van der Waals surface area contributed by atoms with Crippen LogP contribution in [-0.2, 0) is 11.4 Å². The van der Waals surface area contributed by atoms with Crippen molar-refractivity contribution in [1.29, 1.82) is 0 Å². The summed E-state index contributed by atoms with van der Waals surface area (Å²) in [4.78, 5) is 5.58. The minimum Gasteiger partial charge on any atom is -0.465 e. The lowest BCUT2D eigenvalue weighted by Gasteiger charge is -2.23. The molecule has 14 heavy (non-hydrogen) atoms. The molecule has 0 atom stereocenters. The third-order valence-corrected chi connectivity index (χ3v) is 2.07. The molecule has 0 unspecified atom stereocenters. The number of rotatable bonds is 3. The largest absolute Gasteiger partial charge is 0.465 e. The summed E-state index contributed by atoms with van der Waals surface area (Å²) >= 11 is 0. The average Bonchev–Trinajstić information content (AvgIpc) is 2.61. The predicted octanol–water partition coefficient (Wildman–Crippen LogP) is 2.65. The summed E-state index contributed by atoms with van der Waals surface area (Å²) in [7, 11) is 0. The van der Waals surface area contributed by atoms with Crippen LogP contribution in [0.15, 0.2) is 22.9 Å². The molecule has 76 valence electrons. The predicted molar refractivity (Wildman–Crippen MR) is 54.1 cm³/mol. The molecule has 1 aromatic rings. The van der Waals surface area contributed by atoms with Gasteiger partial charge in [0.25, 0.3) is 0 Å². The van der Waals surface area contributed by atoms with E-state index in [0.717, 1.165) is 18.9 Å². The van der Waals surface area contributed by atoms with Crippen molar-refractivity contribution < 1.29 is 9.25 Å². The second kappa shape index (κ2) is 3.88. The van der Waals surface area contributed by atoms with Gasteiger partial charge in [0, 0.05) is 11.8 Å². The summed E-state index contributed by atoms with van der Waals surface area (Å²) in [6, 6.07) is 1.98. The van der Waals surface area contributed by atoms with E-state index in [1.807, 2.05) is 23.4 Å². The molecule has 1 aliphatic heterocycles. The quantitative estimate of drug-likeness (QED) is 0.738. The van der Waals surface area contributed by atoms with Crippen molar-refractivity contribution in [2.75, 3.05) is 6.61 Å². The summed E-state index contributed by atoms with van der Waals surface area (Å²) in [6.45, 7) is 5.79. The fourth-order valence-corrected chi connectivity index (χ4v) is 1.33. The summed E-state index contributed by atoms with van der Waals surface area (Å²) in [5, 5.41) is 1.85. The van der Waals surface area contributed by atoms with E-state index < -0.39 is 0 Å². The van der Waals surface area contributed by atoms with Gasteiger partial charge in [0.15, 0.2) is 0 Å². The van der Waals surface area contributed by atoms with Crippen LogP contribution in [0.5, 0.6) is 0 Å². The van der Waals surface area contributed by atoms with Crippen LogP contribution in [0, 0.1) is 5.92 Å². The Morgan fingerprint density at radius 3 is 3.21 bits per heavy atom. The second-order valence-electron chi connectivity index (χ2n) is 3.89. The second-order valence-corrected chi connectivity index (χ2v) is 3.89. The molecule has 0 amide bonds. The lowest BCUT2D eigenvalue weighted by Crippen LogP contribution is -2.22. The third kappa shape index (κ3) is 1.99. The lowest BCUT2D eigenvalue weighted by molar-refractivity contribution is -0.137.